The molecule has 0 bridgehead atoms. The molecule has 1 aromatic heterocycles. The van der Waals surface area contributed by atoms with Crippen LogP contribution in [0.5, 0.6) is 0 Å². The van der Waals surface area contributed by atoms with Crippen LogP contribution in [0.3, 0.4) is 0 Å². The second-order valence-electron chi connectivity index (χ2n) is 10.6. The van der Waals surface area contributed by atoms with Gasteiger partial charge in [0, 0.05) is 27.8 Å². The minimum Gasteiger partial charge on any atom is -0.456 e. The molecule has 0 amide bonds. The molecule has 0 aliphatic heterocycles. The molecule has 8 aromatic rings. The SMILES string of the molecule is c1ccc(N(c2ccc(-c3ccc4oc5ccccc5c4c3)cc2)c2cccc(-c3ccc4ccccc4c3)c2)cc1. The summed E-state index contributed by atoms with van der Waals surface area (Å²) in [6, 6.07) is 58.1. The fourth-order valence-electron chi connectivity index (χ4n) is 5.93. The zero-order valence-electron chi connectivity index (χ0n) is 22.9. The van der Waals surface area contributed by atoms with Crippen LogP contribution in [0.4, 0.5) is 17.1 Å². The highest BCUT2D eigenvalue weighted by Crippen LogP contribution is 2.38. The molecule has 0 saturated carbocycles. The van der Waals surface area contributed by atoms with Gasteiger partial charge in [-0.05, 0) is 93.7 Å². The highest BCUT2D eigenvalue weighted by atomic mass is 16.3. The minimum absolute atomic E-state index is 0.915. The molecule has 8 rings (SSSR count). The quantitative estimate of drug-likeness (QED) is 0.217. The average molecular weight is 538 g/mol. The van der Waals surface area contributed by atoms with Crippen LogP contribution in [0.2, 0.25) is 0 Å². The molecule has 0 N–H and O–H groups in total. The highest BCUT2D eigenvalue weighted by molar-refractivity contribution is 6.06. The van der Waals surface area contributed by atoms with E-state index in [1.54, 1.807) is 0 Å². The van der Waals surface area contributed by atoms with Crippen LogP contribution in [0.25, 0.3) is 55.0 Å². The maximum absolute atomic E-state index is 6.05. The first-order valence-electron chi connectivity index (χ1n) is 14.3. The van der Waals surface area contributed by atoms with Gasteiger partial charge in [0.1, 0.15) is 11.2 Å². The number of hydrogen-bond donors (Lipinski definition) is 0. The smallest absolute Gasteiger partial charge is 0.135 e. The largest absolute Gasteiger partial charge is 0.456 e. The Hall–Kier alpha value is -5.60. The van der Waals surface area contributed by atoms with Crippen molar-refractivity contribution in [3.05, 3.63) is 164 Å². The van der Waals surface area contributed by atoms with Crippen LogP contribution in [-0.2, 0) is 0 Å². The maximum atomic E-state index is 6.05. The van der Waals surface area contributed by atoms with Gasteiger partial charge in [0.15, 0.2) is 0 Å². The molecule has 42 heavy (non-hydrogen) atoms. The van der Waals surface area contributed by atoms with E-state index in [2.05, 4.69) is 157 Å². The molecule has 7 aromatic carbocycles. The van der Waals surface area contributed by atoms with Gasteiger partial charge in [0.05, 0.1) is 0 Å². The van der Waals surface area contributed by atoms with Crippen molar-refractivity contribution >= 4 is 49.8 Å². The van der Waals surface area contributed by atoms with Gasteiger partial charge in [-0.2, -0.15) is 0 Å². The zero-order chi connectivity index (χ0) is 27.9. The van der Waals surface area contributed by atoms with Gasteiger partial charge in [-0.25, -0.2) is 0 Å². The standard InChI is InChI=1S/C40H27NO/c1-2-12-34(13-3-1)41(36-14-8-11-31(26-36)32-18-17-28-9-4-5-10-30(28)25-32)35-22-19-29(20-23-35)33-21-24-40-38(27-33)37-15-6-7-16-39(37)42-40/h1-27H. The van der Waals surface area contributed by atoms with Crippen molar-refractivity contribution in [1.82, 2.24) is 0 Å². The Morgan fingerprint density at radius 2 is 0.952 bits per heavy atom. The summed E-state index contributed by atoms with van der Waals surface area (Å²) in [5.74, 6) is 0. The molecule has 1 heterocycles. The Bertz CT molecular complexity index is 2190. The maximum Gasteiger partial charge on any atom is 0.135 e. The van der Waals surface area contributed by atoms with Gasteiger partial charge < -0.3 is 9.32 Å². The van der Waals surface area contributed by atoms with Gasteiger partial charge in [0.2, 0.25) is 0 Å². The zero-order valence-corrected chi connectivity index (χ0v) is 22.9. The first kappa shape index (κ1) is 24.2. The van der Waals surface area contributed by atoms with Gasteiger partial charge in [-0.1, -0.05) is 103 Å². The summed E-state index contributed by atoms with van der Waals surface area (Å²) in [5.41, 5.74) is 9.92. The lowest BCUT2D eigenvalue weighted by molar-refractivity contribution is 0.669. The van der Waals surface area contributed by atoms with E-state index >= 15 is 0 Å². The van der Waals surface area contributed by atoms with Crippen molar-refractivity contribution in [3.8, 4) is 22.3 Å². The van der Waals surface area contributed by atoms with Crippen LogP contribution in [-0.4, -0.2) is 0 Å². The number of fused-ring (bicyclic) bond motifs is 4. The average Bonchev–Trinajstić information content (AvgIpc) is 3.44. The molecule has 0 atom stereocenters. The van der Waals surface area contributed by atoms with E-state index in [0.29, 0.717) is 0 Å². The Morgan fingerprint density at radius 3 is 1.83 bits per heavy atom. The van der Waals surface area contributed by atoms with Crippen LogP contribution >= 0.6 is 0 Å². The molecule has 2 nitrogen and oxygen atoms in total. The lowest BCUT2D eigenvalue weighted by Crippen LogP contribution is -2.09. The summed E-state index contributed by atoms with van der Waals surface area (Å²) in [6.07, 6.45) is 0. The van der Waals surface area contributed by atoms with Gasteiger partial charge in [-0.15, -0.1) is 0 Å². The molecule has 0 aliphatic carbocycles. The molecule has 0 saturated heterocycles. The summed E-state index contributed by atoms with van der Waals surface area (Å²) in [6.45, 7) is 0. The van der Waals surface area contributed by atoms with Crippen molar-refractivity contribution < 1.29 is 4.42 Å². The Labute approximate surface area is 244 Å². The summed E-state index contributed by atoms with van der Waals surface area (Å²) < 4.78 is 6.05. The number of para-hydroxylation sites is 2. The third kappa shape index (κ3) is 4.31. The van der Waals surface area contributed by atoms with Crippen molar-refractivity contribution in [2.45, 2.75) is 0 Å². The van der Waals surface area contributed by atoms with E-state index in [1.165, 1.54) is 33.0 Å². The summed E-state index contributed by atoms with van der Waals surface area (Å²) >= 11 is 0. The number of hydrogen-bond acceptors (Lipinski definition) is 2. The molecule has 0 spiro atoms. The monoisotopic (exact) mass is 537 g/mol. The third-order valence-electron chi connectivity index (χ3n) is 8.04. The summed E-state index contributed by atoms with van der Waals surface area (Å²) in [5, 5.41) is 4.79. The molecule has 0 unspecified atom stereocenters. The van der Waals surface area contributed by atoms with Gasteiger partial charge in [0.25, 0.3) is 0 Å². The lowest BCUT2D eigenvalue weighted by atomic mass is 10.00. The molecule has 0 fully saturated rings. The summed E-state index contributed by atoms with van der Waals surface area (Å²) in [7, 11) is 0. The Balaban J connectivity index is 1.19. The fourth-order valence-corrected chi connectivity index (χ4v) is 5.93. The number of furan rings is 1. The van der Waals surface area contributed by atoms with Gasteiger partial charge in [-0.3, -0.25) is 0 Å². The second-order valence-corrected chi connectivity index (χ2v) is 10.6. The molecule has 198 valence electrons. The second kappa shape index (κ2) is 10.1. The van der Waals surface area contributed by atoms with E-state index in [0.717, 1.165) is 39.0 Å². The number of anilines is 3. The predicted molar refractivity (Wildman–Crippen MR) is 177 cm³/mol. The van der Waals surface area contributed by atoms with Crippen molar-refractivity contribution in [2.24, 2.45) is 0 Å². The Morgan fingerprint density at radius 1 is 0.333 bits per heavy atom. The fraction of sp³-hybridized carbons (Fsp3) is 0. The van der Waals surface area contributed by atoms with E-state index in [9.17, 15) is 0 Å². The normalized spacial score (nSPS) is 11.3. The minimum atomic E-state index is 0.915. The highest BCUT2D eigenvalue weighted by Gasteiger charge is 2.14. The number of rotatable bonds is 5. The van der Waals surface area contributed by atoms with Crippen LogP contribution in [0.1, 0.15) is 0 Å². The van der Waals surface area contributed by atoms with E-state index < -0.39 is 0 Å². The third-order valence-corrected chi connectivity index (χ3v) is 8.04. The topological polar surface area (TPSA) is 16.4 Å². The van der Waals surface area contributed by atoms with E-state index in [4.69, 9.17) is 4.42 Å². The molecular weight excluding hydrogens is 510 g/mol. The molecule has 2 heteroatoms. The van der Waals surface area contributed by atoms with Crippen LogP contribution < -0.4 is 4.90 Å². The summed E-state index contributed by atoms with van der Waals surface area (Å²) in [4.78, 5) is 2.32. The van der Waals surface area contributed by atoms with E-state index in [-0.39, 0.29) is 0 Å². The van der Waals surface area contributed by atoms with Crippen molar-refractivity contribution in [1.29, 1.82) is 0 Å². The van der Waals surface area contributed by atoms with Crippen LogP contribution in [0.15, 0.2) is 168 Å². The number of nitrogens with zero attached hydrogens (tertiary/aromatic N) is 1. The molecule has 0 aliphatic rings. The molecular formula is C40H27NO. The first-order chi connectivity index (χ1) is 20.8. The van der Waals surface area contributed by atoms with Crippen LogP contribution in [0, 0.1) is 0 Å². The Kier molecular flexibility index (Phi) is 5.82. The first-order valence-corrected chi connectivity index (χ1v) is 14.3. The van der Waals surface area contributed by atoms with Crippen molar-refractivity contribution in [2.75, 3.05) is 4.90 Å². The number of benzene rings is 7. The van der Waals surface area contributed by atoms with E-state index in [1.807, 2.05) is 12.1 Å². The van der Waals surface area contributed by atoms with Gasteiger partial charge >= 0.3 is 0 Å². The molecule has 0 radical (unpaired) electrons. The van der Waals surface area contributed by atoms with Crippen molar-refractivity contribution in [3.63, 3.8) is 0 Å². The predicted octanol–water partition coefficient (Wildman–Crippen LogP) is 11.5. The lowest BCUT2D eigenvalue weighted by Gasteiger charge is -2.26.